The minimum atomic E-state index is 0.247. The van der Waals surface area contributed by atoms with Gasteiger partial charge < -0.3 is 14.3 Å². The highest BCUT2D eigenvalue weighted by molar-refractivity contribution is 6.08. The second-order valence-electron chi connectivity index (χ2n) is 5.59. The first-order chi connectivity index (χ1) is 10.8. The lowest BCUT2D eigenvalue weighted by molar-refractivity contribution is 0.399. The van der Waals surface area contributed by atoms with Crippen LogP contribution in [0.1, 0.15) is 11.3 Å². The lowest BCUT2D eigenvalue weighted by Crippen LogP contribution is -2.01. The average Bonchev–Trinajstić information content (AvgIpc) is 2.94. The summed E-state index contributed by atoms with van der Waals surface area (Å²) in [6.45, 7) is 0. The van der Waals surface area contributed by atoms with Gasteiger partial charge in [0.25, 0.3) is 0 Å². The quantitative estimate of drug-likeness (QED) is 0.654. The number of rotatable bonds is 0. The van der Waals surface area contributed by atoms with Crippen molar-refractivity contribution in [1.29, 1.82) is 0 Å². The molecule has 22 heavy (non-hydrogen) atoms. The van der Waals surface area contributed by atoms with Crippen molar-refractivity contribution in [3.63, 3.8) is 0 Å². The van der Waals surface area contributed by atoms with Crippen molar-refractivity contribution >= 4 is 27.3 Å². The third-order valence-electron chi connectivity index (χ3n) is 4.35. The van der Waals surface area contributed by atoms with Gasteiger partial charge in [0.1, 0.15) is 23.4 Å². The third kappa shape index (κ3) is 1.45. The Balaban J connectivity index is 1.87. The highest BCUT2D eigenvalue weighted by Crippen LogP contribution is 2.42. The zero-order valence-electron chi connectivity index (χ0n) is 11.7. The van der Waals surface area contributed by atoms with Crippen molar-refractivity contribution in [2.24, 2.45) is 0 Å². The second-order valence-corrected chi connectivity index (χ2v) is 5.59. The summed E-state index contributed by atoms with van der Waals surface area (Å²) >= 11 is 0. The molecule has 1 N–H and O–H groups in total. The van der Waals surface area contributed by atoms with Crippen LogP contribution in [-0.4, -0.2) is 5.11 Å². The fraction of sp³-hybridized carbons (Fsp3) is 0.0526. The number of phenols is 1. The van der Waals surface area contributed by atoms with E-state index in [-0.39, 0.29) is 5.75 Å². The summed E-state index contributed by atoms with van der Waals surface area (Å²) in [6, 6.07) is 9.51. The Morgan fingerprint density at radius 2 is 1.95 bits per heavy atom. The molecule has 2 aromatic carbocycles. The Morgan fingerprint density at radius 1 is 1.05 bits per heavy atom. The smallest absolute Gasteiger partial charge is 0.143 e. The van der Waals surface area contributed by atoms with Crippen LogP contribution < -0.4 is 0 Å². The molecule has 0 radical (unpaired) electrons. The van der Waals surface area contributed by atoms with E-state index in [0.29, 0.717) is 0 Å². The van der Waals surface area contributed by atoms with Crippen LogP contribution in [-0.2, 0) is 11.2 Å². The third-order valence-corrected chi connectivity index (χ3v) is 4.35. The van der Waals surface area contributed by atoms with Crippen LogP contribution >= 0.6 is 0 Å². The highest BCUT2D eigenvalue weighted by Gasteiger charge is 2.25. The van der Waals surface area contributed by atoms with Crippen LogP contribution in [0.4, 0.5) is 0 Å². The Bertz CT molecular complexity index is 1030. The van der Waals surface area contributed by atoms with Gasteiger partial charge in [-0.05, 0) is 35.6 Å². The van der Waals surface area contributed by atoms with Gasteiger partial charge in [0.2, 0.25) is 0 Å². The van der Waals surface area contributed by atoms with E-state index in [1.807, 2.05) is 12.1 Å². The molecule has 2 aliphatic rings. The lowest BCUT2D eigenvalue weighted by atomic mass is 9.91. The fourth-order valence-corrected chi connectivity index (χ4v) is 3.29. The lowest BCUT2D eigenvalue weighted by Gasteiger charge is -2.15. The number of hydrogen-bond donors (Lipinski definition) is 1. The molecule has 0 spiro atoms. The average molecular weight is 288 g/mol. The topological polar surface area (TPSA) is 42.6 Å². The molecule has 1 aromatic heterocycles. The van der Waals surface area contributed by atoms with Gasteiger partial charge in [0.15, 0.2) is 0 Å². The van der Waals surface area contributed by atoms with Crippen LogP contribution in [0.15, 0.2) is 65.0 Å². The van der Waals surface area contributed by atoms with E-state index in [1.165, 1.54) is 5.56 Å². The molecule has 0 bridgehead atoms. The molecule has 0 saturated carbocycles. The number of hydrogen-bond acceptors (Lipinski definition) is 3. The standard InChI is InChI=1S/C19H12O3/c20-13-4-1-11-2-5-14-15-6-3-12-7-8-21-10-17(12)19(15)22-18(14)16(11)9-13/h1-5,7-10,20H,6H2. The zero-order chi connectivity index (χ0) is 14.7. The summed E-state index contributed by atoms with van der Waals surface area (Å²) in [5.74, 6) is 1.11. The summed E-state index contributed by atoms with van der Waals surface area (Å²) < 4.78 is 11.5. The Kier molecular flexibility index (Phi) is 2.15. The van der Waals surface area contributed by atoms with Gasteiger partial charge in [-0.1, -0.05) is 24.3 Å². The molecule has 3 aromatic rings. The molecule has 0 saturated heterocycles. The van der Waals surface area contributed by atoms with E-state index < -0.39 is 0 Å². The Labute approximate surface area is 126 Å². The number of fused-ring (bicyclic) bond motifs is 7. The van der Waals surface area contributed by atoms with E-state index in [9.17, 15) is 5.11 Å². The molecule has 3 nitrogen and oxygen atoms in total. The first kappa shape index (κ1) is 11.7. The number of aromatic hydroxyl groups is 1. The summed E-state index contributed by atoms with van der Waals surface area (Å²) in [7, 11) is 0. The predicted octanol–water partition coefficient (Wildman–Crippen LogP) is 4.66. The van der Waals surface area contributed by atoms with Crippen molar-refractivity contribution < 1.29 is 14.3 Å². The van der Waals surface area contributed by atoms with E-state index in [0.717, 1.165) is 45.1 Å². The van der Waals surface area contributed by atoms with Crippen molar-refractivity contribution in [1.82, 2.24) is 0 Å². The van der Waals surface area contributed by atoms with Gasteiger partial charge >= 0.3 is 0 Å². The minimum Gasteiger partial charge on any atom is -0.508 e. The maximum atomic E-state index is 9.79. The van der Waals surface area contributed by atoms with E-state index in [1.54, 1.807) is 24.7 Å². The molecule has 3 heteroatoms. The molecule has 0 unspecified atom stereocenters. The van der Waals surface area contributed by atoms with Crippen LogP contribution in [0.25, 0.3) is 27.3 Å². The maximum absolute atomic E-state index is 9.79. The summed E-state index contributed by atoms with van der Waals surface area (Å²) in [6.07, 6.45) is 8.39. The SMILES string of the molecule is Oc1ccc2ccc3c4c(oc3c2c1)C1=COC=CC1=CC4. The fourth-order valence-electron chi connectivity index (χ4n) is 3.29. The van der Waals surface area contributed by atoms with E-state index >= 15 is 0 Å². The van der Waals surface area contributed by atoms with Gasteiger partial charge in [0, 0.05) is 16.3 Å². The number of furan rings is 1. The highest BCUT2D eigenvalue weighted by atomic mass is 16.5. The van der Waals surface area contributed by atoms with Crippen molar-refractivity contribution in [2.75, 3.05) is 0 Å². The molecular formula is C19H12O3. The molecular weight excluding hydrogens is 276 g/mol. The summed E-state index contributed by atoms with van der Waals surface area (Å²) in [5, 5.41) is 12.9. The predicted molar refractivity (Wildman–Crippen MR) is 85.4 cm³/mol. The Morgan fingerprint density at radius 3 is 2.91 bits per heavy atom. The van der Waals surface area contributed by atoms with Crippen molar-refractivity contribution in [3.8, 4) is 5.75 Å². The molecule has 0 amide bonds. The van der Waals surface area contributed by atoms with Crippen LogP contribution in [0.2, 0.25) is 0 Å². The maximum Gasteiger partial charge on any atom is 0.143 e. The molecule has 5 rings (SSSR count). The van der Waals surface area contributed by atoms with Gasteiger partial charge in [-0.25, -0.2) is 0 Å². The number of phenolic OH excluding ortho intramolecular Hbond substituents is 1. The van der Waals surface area contributed by atoms with Crippen molar-refractivity contribution in [3.05, 3.63) is 71.9 Å². The molecule has 106 valence electrons. The molecule has 2 heterocycles. The first-order valence-electron chi connectivity index (χ1n) is 7.21. The number of ether oxygens (including phenoxy) is 1. The monoisotopic (exact) mass is 288 g/mol. The molecule has 1 aliphatic heterocycles. The van der Waals surface area contributed by atoms with Crippen LogP contribution in [0.5, 0.6) is 5.75 Å². The number of benzene rings is 2. The molecule has 1 aliphatic carbocycles. The number of allylic oxidation sites excluding steroid dienone is 4. The Hall–Kier alpha value is -2.94. The van der Waals surface area contributed by atoms with E-state index in [4.69, 9.17) is 9.15 Å². The van der Waals surface area contributed by atoms with Gasteiger partial charge in [-0.3, -0.25) is 0 Å². The first-order valence-corrected chi connectivity index (χ1v) is 7.21. The van der Waals surface area contributed by atoms with Gasteiger partial charge in [-0.15, -0.1) is 0 Å². The van der Waals surface area contributed by atoms with Crippen LogP contribution in [0, 0.1) is 0 Å². The van der Waals surface area contributed by atoms with Crippen LogP contribution in [0.3, 0.4) is 0 Å². The van der Waals surface area contributed by atoms with Gasteiger partial charge in [-0.2, -0.15) is 0 Å². The summed E-state index contributed by atoms with van der Waals surface area (Å²) in [5.41, 5.74) is 4.11. The second kappa shape index (κ2) is 4.04. The van der Waals surface area contributed by atoms with Crippen molar-refractivity contribution in [2.45, 2.75) is 6.42 Å². The normalized spacial score (nSPS) is 16.0. The minimum absolute atomic E-state index is 0.247. The largest absolute Gasteiger partial charge is 0.508 e. The molecule has 0 atom stereocenters. The zero-order valence-corrected chi connectivity index (χ0v) is 11.7. The molecule has 0 fully saturated rings. The summed E-state index contributed by atoms with van der Waals surface area (Å²) in [4.78, 5) is 0. The van der Waals surface area contributed by atoms with Gasteiger partial charge in [0.05, 0.1) is 11.8 Å². The van der Waals surface area contributed by atoms with E-state index in [2.05, 4.69) is 18.2 Å².